The Labute approximate surface area is 144 Å². The van der Waals surface area contributed by atoms with E-state index < -0.39 is 5.92 Å². The molecule has 1 aromatic carbocycles. The smallest absolute Gasteiger partial charge is 0.179 e. The van der Waals surface area contributed by atoms with Gasteiger partial charge in [-0.1, -0.05) is 23.7 Å². The summed E-state index contributed by atoms with van der Waals surface area (Å²) in [6, 6.07) is 10.5. The summed E-state index contributed by atoms with van der Waals surface area (Å²) < 4.78 is 10.9. The van der Waals surface area contributed by atoms with Crippen molar-refractivity contribution in [3.05, 3.63) is 58.9 Å². The van der Waals surface area contributed by atoms with Crippen molar-refractivity contribution in [1.29, 1.82) is 5.26 Å². The average Bonchev–Trinajstić information content (AvgIpc) is 2.61. The van der Waals surface area contributed by atoms with Gasteiger partial charge < -0.3 is 9.47 Å². The van der Waals surface area contributed by atoms with E-state index in [0.29, 0.717) is 41.0 Å². The van der Waals surface area contributed by atoms with Crippen LogP contribution in [0.2, 0.25) is 5.02 Å². The van der Waals surface area contributed by atoms with Gasteiger partial charge in [-0.15, -0.1) is 0 Å². The van der Waals surface area contributed by atoms with Crippen molar-refractivity contribution < 1.29 is 14.3 Å². The molecule has 0 spiro atoms. The van der Waals surface area contributed by atoms with Crippen molar-refractivity contribution in [3.8, 4) is 17.6 Å². The van der Waals surface area contributed by atoms with Crippen molar-refractivity contribution in [3.63, 3.8) is 0 Å². The first-order chi connectivity index (χ1) is 11.7. The van der Waals surface area contributed by atoms with Crippen molar-refractivity contribution in [1.82, 2.24) is 4.98 Å². The number of halogens is 1. The molecule has 1 aromatic heterocycles. The Morgan fingerprint density at radius 3 is 2.92 bits per heavy atom. The molecule has 3 rings (SSSR count). The fourth-order valence-electron chi connectivity index (χ4n) is 2.32. The Hall–Kier alpha value is -2.84. The fourth-order valence-corrected chi connectivity index (χ4v) is 2.60. The van der Waals surface area contributed by atoms with E-state index in [1.54, 1.807) is 42.6 Å². The highest BCUT2D eigenvalue weighted by Crippen LogP contribution is 2.38. The van der Waals surface area contributed by atoms with Crippen LogP contribution >= 0.6 is 11.6 Å². The molecule has 0 bridgehead atoms. The summed E-state index contributed by atoms with van der Waals surface area (Å²) in [7, 11) is 0. The standard InChI is InChI=1S/C18H13ClN2O3/c19-14-9-12(10-17-18(14)24-8-7-23-17)4-5-16(22)13(11-20)15-3-1-2-6-21-15/h1-6,9-10,13H,7-8H2/b5-4+/t13-/m0/s1. The molecular weight excluding hydrogens is 328 g/mol. The van der Waals surface area contributed by atoms with E-state index in [1.165, 1.54) is 6.08 Å². The molecule has 120 valence electrons. The van der Waals surface area contributed by atoms with Crippen LogP contribution in [0.1, 0.15) is 17.2 Å². The maximum Gasteiger partial charge on any atom is 0.179 e. The highest BCUT2D eigenvalue weighted by atomic mass is 35.5. The number of pyridine rings is 1. The number of allylic oxidation sites excluding steroid dienone is 1. The van der Waals surface area contributed by atoms with Crippen LogP contribution in [0.5, 0.6) is 11.5 Å². The van der Waals surface area contributed by atoms with Gasteiger partial charge in [0.15, 0.2) is 23.2 Å². The molecule has 0 fully saturated rings. The number of nitriles is 1. The molecule has 2 heterocycles. The molecular formula is C18H13ClN2O3. The third-order valence-corrected chi connectivity index (χ3v) is 3.74. The maximum atomic E-state index is 12.3. The van der Waals surface area contributed by atoms with E-state index in [2.05, 4.69) is 4.98 Å². The number of ether oxygens (including phenoxy) is 2. The van der Waals surface area contributed by atoms with Gasteiger partial charge in [0, 0.05) is 6.20 Å². The predicted molar refractivity (Wildman–Crippen MR) is 89.1 cm³/mol. The number of carbonyl (C=O) groups excluding carboxylic acids is 1. The van der Waals surface area contributed by atoms with Gasteiger partial charge in [0.1, 0.15) is 13.2 Å². The highest BCUT2D eigenvalue weighted by molar-refractivity contribution is 6.32. The zero-order chi connectivity index (χ0) is 16.9. The van der Waals surface area contributed by atoms with Crippen molar-refractivity contribution >= 4 is 23.5 Å². The largest absolute Gasteiger partial charge is 0.486 e. The molecule has 0 saturated heterocycles. The minimum Gasteiger partial charge on any atom is -0.486 e. The van der Waals surface area contributed by atoms with E-state index in [9.17, 15) is 10.1 Å². The van der Waals surface area contributed by atoms with Gasteiger partial charge in [-0.25, -0.2) is 0 Å². The van der Waals surface area contributed by atoms with Crippen LogP contribution in [0.25, 0.3) is 6.08 Å². The molecule has 6 heteroatoms. The number of hydrogen-bond donors (Lipinski definition) is 0. The van der Waals surface area contributed by atoms with Gasteiger partial charge in [0.2, 0.25) is 0 Å². The molecule has 24 heavy (non-hydrogen) atoms. The average molecular weight is 341 g/mol. The first kappa shape index (κ1) is 16.0. The molecule has 1 aliphatic rings. The molecule has 0 unspecified atom stereocenters. The first-order valence-corrected chi connectivity index (χ1v) is 7.68. The topological polar surface area (TPSA) is 72.2 Å². The summed E-state index contributed by atoms with van der Waals surface area (Å²) >= 11 is 6.16. The first-order valence-electron chi connectivity index (χ1n) is 7.30. The predicted octanol–water partition coefficient (Wildman–Crippen LogP) is 3.40. The molecule has 0 radical (unpaired) electrons. The summed E-state index contributed by atoms with van der Waals surface area (Å²) in [6.45, 7) is 0.903. The van der Waals surface area contributed by atoms with Crippen LogP contribution in [0.15, 0.2) is 42.6 Å². The lowest BCUT2D eigenvalue weighted by Gasteiger charge is -2.19. The maximum absolute atomic E-state index is 12.3. The number of fused-ring (bicyclic) bond motifs is 1. The third-order valence-electron chi connectivity index (χ3n) is 3.46. The SMILES string of the molecule is N#C[C@H](C(=O)/C=C/c1cc(Cl)c2c(c1)OCCO2)c1ccccn1. The van der Waals surface area contributed by atoms with E-state index in [1.807, 2.05) is 6.07 Å². The molecule has 1 aliphatic heterocycles. The van der Waals surface area contributed by atoms with Gasteiger partial charge in [-0.3, -0.25) is 9.78 Å². The van der Waals surface area contributed by atoms with Gasteiger partial charge in [0.25, 0.3) is 0 Å². The normalized spacial score (nSPS) is 14.2. The Balaban J connectivity index is 1.81. The van der Waals surface area contributed by atoms with Crippen LogP contribution in [-0.2, 0) is 4.79 Å². The summed E-state index contributed by atoms with van der Waals surface area (Å²) in [5.74, 6) is -0.227. The number of hydrogen-bond acceptors (Lipinski definition) is 5. The number of nitrogens with zero attached hydrogens (tertiary/aromatic N) is 2. The highest BCUT2D eigenvalue weighted by Gasteiger charge is 2.19. The second-order valence-corrected chi connectivity index (χ2v) is 5.49. The summed E-state index contributed by atoms with van der Waals surface area (Å²) in [6.07, 6.45) is 4.50. The Morgan fingerprint density at radius 2 is 2.17 bits per heavy atom. The lowest BCUT2D eigenvalue weighted by molar-refractivity contribution is -0.114. The molecule has 1 atom stereocenters. The van der Waals surface area contributed by atoms with E-state index in [-0.39, 0.29) is 5.78 Å². The summed E-state index contributed by atoms with van der Waals surface area (Å²) in [5.41, 5.74) is 1.12. The third kappa shape index (κ3) is 3.39. The number of aromatic nitrogens is 1. The Morgan fingerprint density at radius 1 is 1.33 bits per heavy atom. The van der Waals surface area contributed by atoms with Crippen LogP contribution in [-0.4, -0.2) is 24.0 Å². The number of ketones is 1. The summed E-state index contributed by atoms with van der Waals surface area (Å²) in [5, 5.41) is 9.66. The van der Waals surface area contributed by atoms with Gasteiger partial charge >= 0.3 is 0 Å². The number of carbonyl (C=O) groups is 1. The fraction of sp³-hybridized carbons (Fsp3) is 0.167. The van der Waals surface area contributed by atoms with E-state index in [0.717, 1.165) is 0 Å². The van der Waals surface area contributed by atoms with E-state index >= 15 is 0 Å². The molecule has 0 saturated carbocycles. The summed E-state index contributed by atoms with van der Waals surface area (Å²) in [4.78, 5) is 16.3. The van der Waals surface area contributed by atoms with Gasteiger partial charge in [-0.05, 0) is 35.9 Å². The van der Waals surface area contributed by atoms with Crippen LogP contribution in [0, 0.1) is 11.3 Å². The zero-order valence-corrected chi connectivity index (χ0v) is 13.4. The second kappa shape index (κ2) is 7.16. The van der Waals surface area contributed by atoms with Crippen molar-refractivity contribution in [2.75, 3.05) is 13.2 Å². The van der Waals surface area contributed by atoms with Crippen molar-refractivity contribution in [2.45, 2.75) is 5.92 Å². The molecule has 2 aromatic rings. The molecule has 0 aliphatic carbocycles. The van der Waals surface area contributed by atoms with Crippen molar-refractivity contribution in [2.24, 2.45) is 0 Å². The Bertz CT molecular complexity index is 828. The zero-order valence-electron chi connectivity index (χ0n) is 12.6. The van der Waals surface area contributed by atoms with Crippen LogP contribution in [0.3, 0.4) is 0 Å². The monoisotopic (exact) mass is 340 g/mol. The van der Waals surface area contributed by atoms with Gasteiger partial charge in [0.05, 0.1) is 16.8 Å². The lowest BCUT2D eigenvalue weighted by Crippen LogP contribution is -2.15. The molecule has 0 amide bonds. The van der Waals surface area contributed by atoms with E-state index in [4.69, 9.17) is 21.1 Å². The Kier molecular flexibility index (Phi) is 4.78. The quantitative estimate of drug-likeness (QED) is 0.798. The van der Waals surface area contributed by atoms with Crippen LogP contribution in [0.4, 0.5) is 0 Å². The molecule has 5 nitrogen and oxygen atoms in total. The number of benzene rings is 1. The lowest BCUT2D eigenvalue weighted by atomic mass is 10.00. The number of rotatable bonds is 4. The minimum atomic E-state index is -0.935. The van der Waals surface area contributed by atoms with Crippen LogP contribution < -0.4 is 9.47 Å². The van der Waals surface area contributed by atoms with Gasteiger partial charge in [-0.2, -0.15) is 5.26 Å². The molecule has 0 N–H and O–H groups in total. The second-order valence-electron chi connectivity index (χ2n) is 5.08. The minimum absolute atomic E-state index is 0.345.